The van der Waals surface area contributed by atoms with Gasteiger partial charge in [0.25, 0.3) is 0 Å². The molecule has 2 aromatic carbocycles. The number of nitrogens with zero attached hydrogens (tertiary/aromatic N) is 1. The van der Waals surface area contributed by atoms with Gasteiger partial charge < -0.3 is 14.6 Å². The first kappa shape index (κ1) is 18.0. The van der Waals surface area contributed by atoms with Crippen LogP contribution < -0.4 is 4.74 Å². The average Bonchev–Trinajstić information content (AvgIpc) is 2.96. The standard InChI is InChI=1S/C21H21NO4/c1-25-17-10-9-15-14-20(11-6-12-22,19(23)26-2)21(24,18(15)13-17)16-7-4-3-5-8-16/h3-5,7-10,13,24H,6,11,14H2,1-2H3/t20-,21+/m0/s1. The molecule has 3 rings (SSSR count). The van der Waals surface area contributed by atoms with E-state index in [2.05, 4.69) is 6.07 Å². The molecule has 5 nitrogen and oxygen atoms in total. The van der Waals surface area contributed by atoms with E-state index in [9.17, 15) is 9.90 Å². The van der Waals surface area contributed by atoms with Gasteiger partial charge in [0.1, 0.15) is 16.8 Å². The number of nitriles is 1. The van der Waals surface area contributed by atoms with Crippen molar-refractivity contribution in [2.24, 2.45) is 5.41 Å². The molecular formula is C21H21NO4. The number of carbonyl (C=O) groups is 1. The fourth-order valence-electron chi connectivity index (χ4n) is 4.05. The van der Waals surface area contributed by atoms with Gasteiger partial charge in [-0.2, -0.15) is 5.26 Å². The minimum absolute atomic E-state index is 0.134. The highest BCUT2D eigenvalue weighted by molar-refractivity contribution is 5.82. The second-order valence-electron chi connectivity index (χ2n) is 6.51. The molecule has 5 heteroatoms. The Kier molecular flexibility index (Phi) is 4.71. The fraction of sp³-hybridized carbons (Fsp3) is 0.333. The lowest BCUT2D eigenvalue weighted by Gasteiger charge is -2.40. The normalized spacial score (nSPS) is 23.8. The van der Waals surface area contributed by atoms with E-state index in [-0.39, 0.29) is 12.8 Å². The van der Waals surface area contributed by atoms with Crippen LogP contribution in [0.4, 0.5) is 0 Å². The minimum atomic E-state index is -1.61. The molecule has 0 amide bonds. The van der Waals surface area contributed by atoms with Crippen LogP contribution >= 0.6 is 0 Å². The summed E-state index contributed by atoms with van der Waals surface area (Å²) in [5.41, 5.74) is -0.822. The first-order valence-electron chi connectivity index (χ1n) is 8.44. The number of fused-ring (bicyclic) bond motifs is 1. The smallest absolute Gasteiger partial charge is 0.315 e. The zero-order valence-corrected chi connectivity index (χ0v) is 14.9. The van der Waals surface area contributed by atoms with Gasteiger partial charge in [-0.15, -0.1) is 0 Å². The maximum Gasteiger partial charge on any atom is 0.315 e. The van der Waals surface area contributed by atoms with Gasteiger partial charge in [-0.1, -0.05) is 36.4 Å². The molecule has 0 aromatic heterocycles. The van der Waals surface area contributed by atoms with E-state index in [0.717, 1.165) is 5.56 Å². The number of aliphatic hydroxyl groups is 1. The molecular weight excluding hydrogens is 330 g/mol. The molecule has 0 bridgehead atoms. The third kappa shape index (κ3) is 2.46. The van der Waals surface area contributed by atoms with Crippen molar-refractivity contribution < 1.29 is 19.4 Å². The first-order chi connectivity index (χ1) is 12.5. The Morgan fingerprint density at radius 3 is 2.58 bits per heavy atom. The van der Waals surface area contributed by atoms with E-state index in [1.165, 1.54) is 7.11 Å². The lowest BCUT2D eigenvalue weighted by atomic mass is 9.66. The molecule has 0 saturated carbocycles. The molecule has 2 atom stereocenters. The number of benzene rings is 2. The lowest BCUT2D eigenvalue weighted by Crippen LogP contribution is -2.50. The van der Waals surface area contributed by atoms with Crippen LogP contribution in [0.1, 0.15) is 29.5 Å². The number of hydrogen-bond donors (Lipinski definition) is 1. The summed E-state index contributed by atoms with van der Waals surface area (Å²) in [5, 5.41) is 21.1. The number of carbonyl (C=O) groups excluding carboxylic acids is 1. The highest BCUT2D eigenvalue weighted by Crippen LogP contribution is 2.57. The largest absolute Gasteiger partial charge is 0.497 e. The van der Waals surface area contributed by atoms with Crippen molar-refractivity contribution in [2.45, 2.75) is 24.9 Å². The van der Waals surface area contributed by atoms with Crippen molar-refractivity contribution in [3.63, 3.8) is 0 Å². The number of hydrogen-bond acceptors (Lipinski definition) is 5. The molecule has 1 aliphatic carbocycles. The molecule has 0 spiro atoms. The molecule has 134 valence electrons. The van der Waals surface area contributed by atoms with Crippen molar-refractivity contribution in [1.29, 1.82) is 5.26 Å². The summed E-state index contributed by atoms with van der Waals surface area (Å²) < 4.78 is 10.4. The van der Waals surface area contributed by atoms with Crippen molar-refractivity contribution >= 4 is 5.97 Å². The SMILES string of the molecule is COC(=O)[C@]1(CCC#N)Cc2ccc(OC)cc2[C@]1(O)c1ccccc1. The van der Waals surface area contributed by atoms with E-state index in [0.29, 0.717) is 23.3 Å². The van der Waals surface area contributed by atoms with Gasteiger partial charge in [0.15, 0.2) is 0 Å². The summed E-state index contributed by atoms with van der Waals surface area (Å²) in [4.78, 5) is 12.9. The van der Waals surface area contributed by atoms with Gasteiger partial charge in [0.05, 0.1) is 20.3 Å². The van der Waals surface area contributed by atoms with Crippen molar-refractivity contribution in [3.8, 4) is 11.8 Å². The van der Waals surface area contributed by atoms with Crippen LogP contribution in [0.3, 0.4) is 0 Å². The van der Waals surface area contributed by atoms with Gasteiger partial charge in [-0.05, 0) is 41.7 Å². The zero-order valence-electron chi connectivity index (χ0n) is 14.9. The van der Waals surface area contributed by atoms with E-state index >= 15 is 0 Å². The van der Waals surface area contributed by atoms with E-state index in [1.54, 1.807) is 25.3 Å². The van der Waals surface area contributed by atoms with E-state index < -0.39 is 17.0 Å². The molecule has 0 aliphatic heterocycles. The quantitative estimate of drug-likeness (QED) is 0.838. The monoisotopic (exact) mass is 351 g/mol. The zero-order chi connectivity index (χ0) is 18.8. The van der Waals surface area contributed by atoms with Gasteiger partial charge in [0.2, 0.25) is 0 Å². The van der Waals surface area contributed by atoms with Crippen molar-refractivity contribution in [2.75, 3.05) is 14.2 Å². The summed E-state index contributed by atoms with van der Waals surface area (Å²) in [7, 11) is 2.87. The molecule has 2 aromatic rings. The lowest BCUT2D eigenvalue weighted by molar-refractivity contribution is -0.168. The molecule has 26 heavy (non-hydrogen) atoms. The molecule has 1 N–H and O–H groups in total. The Balaban J connectivity index is 2.30. The van der Waals surface area contributed by atoms with Crippen LogP contribution in [0.25, 0.3) is 0 Å². The Morgan fingerprint density at radius 2 is 1.96 bits per heavy atom. The topological polar surface area (TPSA) is 79.6 Å². The highest BCUT2D eigenvalue weighted by Gasteiger charge is 2.62. The first-order valence-corrected chi connectivity index (χ1v) is 8.44. The third-order valence-corrected chi connectivity index (χ3v) is 5.32. The maximum absolute atomic E-state index is 12.9. The van der Waals surface area contributed by atoms with Crippen LogP contribution in [0.2, 0.25) is 0 Å². The van der Waals surface area contributed by atoms with Crippen LogP contribution in [0.5, 0.6) is 5.75 Å². The Bertz CT molecular complexity index is 858. The predicted octanol–water partition coefficient (Wildman–Crippen LogP) is 2.95. The number of methoxy groups -OCH3 is 2. The second-order valence-corrected chi connectivity index (χ2v) is 6.51. The summed E-state index contributed by atoms with van der Waals surface area (Å²) in [6, 6.07) is 16.6. The van der Waals surface area contributed by atoms with Crippen LogP contribution in [0, 0.1) is 16.7 Å². The summed E-state index contributed by atoms with van der Waals surface area (Å²) >= 11 is 0. The molecule has 0 fully saturated rings. The number of rotatable bonds is 5. The third-order valence-electron chi connectivity index (χ3n) is 5.32. The summed E-state index contributed by atoms with van der Waals surface area (Å²) in [5.74, 6) is 0.0772. The van der Waals surface area contributed by atoms with Crippen LogP contribution in [0.15, 0.2) is 48.5 Å². The molecule has 0 radical (unpaired) electrons. The van der Waals surface area contributed by atoms with E-state index in [1.807, 2.05) is 30.3 Å². The minimum Gasteiger partial charge on any atom is -0.497 e. The number of ether oxygens (including phenoxy) is 2. The molecule has 0 saturated heterocycles. The van der Waals surface area contributed by atoms with Gasteiger partial charge in [-0.25, -0.2) is 0 Å². The van der Waals surface area contributed by atoms with Crippen molar-refractivity contribution in [3.05, 3.63) is 65.2 Å². The molecule has 0 unspecified atom stereocenters. The predicted molar refractivity (Wildman–Crippen MR) is 95.4 cm³/mol. The molecule has 0 heterocycles. The molecule has 1 aliphatic rings. The van der Waals surface area contributed by atoms with E-state index in [4.69, 9.17) is 14.7 Å². The van der Waals surface area contributed by atoms with Crippen molar-refractivity contribution in [1.82, 2.24) is 0 Å². The average molecular weight is 351 g/mol. The van der Waals surface area contributed by atoms with Gasteiger partial charge >= 0.3 is 5.97 Å². The Labute approximate surface area is 152 Å². The highest BCUT2D eigenvalue weighted by atomic mass is 16.5. The Morgan fingerprint density at radius 1 is 1.23 bits per heavy atom. The second kappa shape index (κ2) is 6.81. The maximum atomic E-state index is 12.9. The summed E-state index contributed by atoms with van der Waals surface area (Å²) in [6.07, 6.45) is 0.625. The fourth-order valence-corrected chi connectivity index (χ4v) is 4.05. The Hall–Kier alpha value is -2.84. The van der Waals surface area contributed by atoms with Crippen LogP contribution in [-0.2, 0) is 21.6 Å². The number of esters is 1. The summed E-state index contributed by atoms with van der Waals surface area (Å²) in [6.45, 7) is 0. The van der Waals surface area contributed by atoms with Gasteiger partial charge in [0, 0.05) is 6.42 Å². The van der Waals surface area contributed by atoms with Crippen LogP contribution in [-0.4, -0.2) is 25.3 Å². The van der Waals surface area contributed by atoms with Gasteiger partial charge in [-0.3, -0.25) is 4.79 Å².